The number of carbonyl (C=O) groups excluding carboxylic acids is 2. The SMILES string of the molecule is CC(=O)N(c1nc(/C=N\NC(=O)c2ccc(C)cc2)cs1)c1cccc(C)c1C. The summed E-state index contributed by atoms with van der Waals surface area (Å²) in [6.07, 6.45) is 1.47. The van der Waals surface area contributed by atoms with E-state index < -0.39 is 0 Å². The topological polar surface area (TPSA) is 74.7 Å². The van der Waals surface area contributed by atoms with Gasteiger partial charge >= 0.3 is 0 Å². The van der Waals surface area contributed by atoms with Gasteiger partial charge in [-0.2, -0.15) is 5.10 Å². The van der Waals surface area contributed by atoms with Crippen molar-refractivity contribution in [3.63, 3.8) is 0 Å². The standard InChI is InChI=1S/C22H22N4O2S/c1-14-8-10-18(11-9-14)21(28)25-23-12-19-13-29-22(24-19)26(17(4)27)20-7-5-6-15(2)16(20)3/h5-13H,1-4H3,(H,25,28)/b23-12-. The van der Waals surface area contributed by atoms with Crippen LogP contribution in [-0.4, -0.2) is 23.0 Å². The maximum atomic E-state index is 12.3. The number of hydrogen-bond acceptors (Lipinski definition) is 5. The van der Waals surface area contributed by atoms with Crippen molar-refractivity contribution < 1.29 is 9.59 Å². The molecule has 2 aromatic carbocycles. The third-order valence-electron chi connectivity index (χ3n) is 4.51. The Hall–Kier alpha value is -3.32. The highest BCUT2D eigenvalue weighted by molar-refractivity contribution is 7.14. The van der Waals surface area contributed by atoms with Gasteiger partial charge in [0.05, 0.1) is 17.6 Å². The largest absolute Gasteiger partial charge is 0.274 e. The van der Waals surface area contributed by atoms with Gasteiger partial charge in [-0.25, -0.2) is 10.4 Å². The second kappa shape index (κ2) is 8.79. The Morgan fingerprint density at radius 1 is 1.10 bits per heavy atom. The number of thiazole rings is 1. The van der Waals surface area contributed by atoms with Crippen molar-refractivity contribution in [1.29, 1.82) is 0 Å². The van der Waals surface area contributed by atoms with Crippen molar-refractivity contribution in [3.05, 3.63) is 75.8 Å². The molecule has 0 aliphatic rings. The monoisotopic (exact) mass is 406 g/mol. The fraction of sp³-hybridized carbons (Fsp3) is 0.182. The highest BCUT2D eigenvalue weighted by Crippen LogP contribution is 2.32. The average Bonchev–Trinajstić information content (AvgIpc) is 3.14. The minimum Gasteiger partial charge on any atom is -0.274 e. The van der Waals surface area contributed by atoms with Crippen molar-refractivity contribution in [2.24, 2.45) is 5.10 Å². The Morgan fingerprint density at radius 3 is 2.52 bits per heavy atom. The fourth-order valence-corrected chi connectivity index (χ4v) is 3.58. The summed E-state index contributed by atoms with van der Waals surface area (Å²) in [6.45, 7) is 7.46. The third-order valence-corrected chi connectivity index (χ3v) is 5.35. The number of aryl methyl sites for hydroxylation is 2. The molecule has 0 aliphatic carbocycles. The van der Waals surface area contributed by atoms with Crippen molar-refractivity contribution in [1.82, 2.24) is 10.4 Å². The molecule has 3 aromatic rings. The summed E-state index contributed by atoms with van der Waals surface area (Å²) in [7, 11) is 0. The Morgan fingerprint density at radius 2 is 1.83 bits per heavy atom. The maximum Gasteiger partial charge on any atom is 0.271 e. The van der Waals surface area contributed by atoms with Gasteiger partial charge in [-0.3, -0.25) is 14.5 Å². The first kappa shape index (κ1) is 20.4. The molecule has 29 heavy (non-hydrogen) atoms. The molecule has 7 heteroatoms. The van der Waals surface area contributed by atoms with Crippen molar-refractivity contribution >= 4 is 40.2 Å². The van der Waals surface area contributed by atoms with Gasteiger partial charge in [-0.1, -0.05) is 29.8 Å². The van der Waals surface area contributed by atoms with Gasteiger partial charge < -0.3 is 0 Å². The lowest BCUT2D eigenvalue weighted by atomic mass is 10.1. The van der Waals surface area contributed by atoms with E-state index in [2.05, 4.69) is 15.5 Å². The van der Waals surface area contributed by atoms with Crippen LogP contribution in [0, 0.1) is 20.8 Å². The van der Waals surface area contributed by atoms with Gasteiger partial charge in [0.25, 0.3) is 5.91 Å². The normalized spacial score (nSPS) is 10.9. The summed E-state index contributed by atoms with van der Waals surface area (Å²) < 4.78 is 0. The first-order chi connectivity index (χ1) is 13.9. The second-order valence-electron chi connectivity index (χ2n) is 6.69. The van der Waals surface area contributed by atoms with Crippen molar-refractivity contribution in [3.8, 4) is 0 Å². The molecule has 0 spiro atoms. The zero-order valence-corrected chi connectivity index (χ0v) is 17.6. The summed E-state index contributed by atoms with van der Waals surface area (Å²) in [4.78, 5) is 30.5. The first-order valence-corrected chi connectivity index (χ1v) is 9.97. The molecule has 1 N–H and O–H groups in total. The van der Waals surface area contributed by atoms with Gasteiger partial charge in [0.1, 0.15) is 0 Å². The smallest absolute Gasteiger partial charge is 0.271 e. The lowest BCUT2D eigenvalue weighted by Crippen LogP contribution is -2.23. The molecular formula is C22H22N4O2S. The van der Waals surface area contributed by atoms with Crippen molar-refractivity contribution in [2.75, 3.05) is 4.90 Å². The number of nitrogens with one attached hydrogen (secondary N) is 1. The van der Waals surface area contributed by atoms with E-state index in [0.29, 0.717) is 16.4 Å². The Labute approximate surface area is 173 Å². The van der Waals surface area contributed by atoms with Crippen LogP contribution >= 0.6 is 11.3 Å². The number of aromatic nitrogens is 1. The van der Waals surface area contributed by atoms with E-state index in [1.165, 1.54) is 24.5 Å². The van der Waals surface area contributed by atoms with Gasteiger partial charge in [-0.05, 0) is 50.1 Å². The van der Waals surface area contributed by atoms with Gasteiger partial charge in [0.15, 0.2) is 5.13 Å². The molecule has 1 aromatic heterocycles. The zero-order valence-electron chi connectivity index (χ0n) is 16.8. The summed E-state index contributed by atoms with van der Waals surface area (Å²) >= 11 is 1.34. The maximum absolute atomic E-state index is 12.3. The number of nitrogens with zero attached hydrogens (tertiary/aromatic N) is 3. The van der Waals surface area contributed by atoms with E-state index in [4.69, 9.17) is 0 Å². The Balaban J connectivity index is 1.75. The van der Waals surface area contributed by atoms with Crippen LogP contribution in [0.5, 0.6) is 0 Å². The number of carbonyl (C=O) groups is 2. The Kier molecular flexibility index (Phi) is 6.19. The van der Waals surface area contributed by atoms with Gasteiger partial charge in [0.2, 0.25) is 5.91 Å². The summed E-state index contributed by atoms with van der Waals surface area (Å²) in [6, 6.07) is 13.1. The van der Waals surface area contributed by atoms with Crippen molar-refractivity contribution in [2.45, 2.75) is 27.7 Å². The number of amides is 2. The highest BCUT2D eigenvalue weighted by Gasteiger charge is 2.20. The quantitative estimate of drug-likeness (QED) is 0.500. The molecule has 0 fully saturated rings. The lowest BCUT2D eigenvalue weighted by Gasteiger charge is -2.21. The third kappa shape index (κ3) is 4.75. The molecule has 2 amide bonds. The molecule has 0 radical (unpaired) electrons. The molecule has 6 nitrogen and oxygen atoms in total. The number of anilines is 2. The molecule has 0 atom stereocenters. The number of hydrazone groups is 1. The molecule has 3 rings (SSSR count). The van der Waals surface area contributed by atoms with Crippen LogP contribution in [0.15, 0.2) is 52.9 Å². The van der Waals surface area contributed by atoms with Crippen LogP contribution in [0.1, 0.15) is 39.7 Å². The zero-order chi connectivity index (χ0) is 21.0. The molecule has 0 unspecified atom stereocenters. The van der Waals surface area contributed by atoms with E-state index in [9.17, 15) is 9.59 Å². The lowest BCUT2D eigenvalue weighted by molar-refractivity contribution is -0.115. The average molecular weight is 407 g/mol. The highest BCUT2D eigenvalue weighted by atomic mass is 32.1. The molecule has 0 aliphatic heterocycles. The van der Waals surface area contributed by atoms with E-state index >= 15 is 0 Å². The number of benzene rings is 2. The van der Waals surface area contributed by atoms with E-state index in [1.807, 2.05) is 51.1 Å². The summed E-state index contributed by atoms with van der Waals surface area (Å²) in [5.41, 5.74) is 7.60. The van der Waals surface area contributed by atoms with Crippen LogP contribution < -0.4 is 10.3 Å². The molecule has 0 bridgehead atoms. The number of rotatable bonds is 5. The molecule has 148 valence electrons. The summed E-state index contributed by atoms with van der Waals surface area (Å²) in [5, 5.41) is 6.32. The van der Waals surface area contributed by atoms with Gasteiger partial charge in [-0.15, -0.1) is 11.3 Å². The van der Waals surface area contributed by atoms with Crippen LogP contribution in [0.25, 0.3) is 0 Å². The Bertz CT molecular complexity index is 1070. The van der Waals surface area contributed by atoms with Crippen LogP contribution in [0.4, 0.5) is 10.8 Å². The van der Waals surface area contributed by atoms with E-state index in [1.54, 1.807) is 22.4 Å². The molecule has 1 heterocycles. The van der Waals surface area contributed by atoms with Gasteiger partial charge in [0, 0.05) is 17.9 Å². The minimum absolute atomic E-state index is 0.121. The second-order valence-corrected chi connectivity index (χ2v) is 7.53. The fourth-order valence-electron chi connectivity index (χ4n) is 2.75. The minimum atomic E-state index is -0.294. The summed E-state index contributed by atoms with van der Waals surface area (Å²) in [5.74, 6) is -0.415. The van der Waals surface area contributed by atoms with Crippen LogP contribution in [-0.2, 0) is 4.79 Å². The number of hydrogen-bond donors (Lipinski definition) is 1. The van der Waals surface area contributed by atoms with E-state index in [-0.39, 0.29) is 11.8 Å². The predicted molar refractivity (Wildman–Crippen MR) is 117 cm³/mol. The molecular weight excluding hydrogens is 384 g/mol. The van der Waals surface area contributed by atoms with Crippen LogP contribution in [0.3, 0.4) is 0 Å². The predicted octanol–water partition coefficient (Wildman–Crippen LogP) is 4.52. The molecule has 0 saturated carbocycles. The molecule has 0 saturated heterocycles. The van der Waals surface area contributed by atoms with E-state index in [0.717, 1.165) is 22.4 Å². The van der Waals surface area contributed by atoms with Crippen LogP contribution in [0.2, 0.25) is 0 Å². The first-order valence-electron chi connectivity index (χ1n) is 9.09.